The lowest BCUT2D eigenvalue weighted by atomic mass is 9.59. The van der Waals surface area contributed by atoms with Gasteiger partial charge < -0.3 is 19.3 Å². The molecule has 1 aromatic carbocycles. The van der Waals surface area contributed by atoms with E-state index in [0.29, 0.717) is 36.9 Å². The molecule has 1 aliphatic heterocycles. The predicted molar refractivity (Wildman–Crippen MR) is 127 cm³/mol. The Hall–Kier alpha value is -2.05. The van der Waals surface area contributed by atoms with Crippen LogP contribution in [0.15, 0.2) is 29.8 Å². The minimum atomic E-state index is -0.167. The van der Waals surface area contributed by atoms with Crippen molar-refractivity contribution in [3.8, 4) is 11.5 Å². The number of benzene rings is 1. The summed E-state index contributed by atoms with van der Waals surface area (Å²) in [5.41, 5.74) is 2.80. The van der Waals surface area contributed by atoms with Crippen molar-refractivity contribution >= 4 is 5.97 Å². The van der Waals surface area contributed by atoms with Crippen LogP contribution >= 0.6 is 0 Å². The number of allylic oxidation sites excluding steroid dienone is 1. The summed E-state index contributed by atoms with van der Waals surface area (Å²) in [6.45, 7) is 6.84. The van der Waals surface area contributed by atoms with E-state index in [1.54, 1.807) is 19.8 Å². The normalized spacial score (nSPS) is 31.0. The first-order valence-electron chi connectivity index (χ1n) is 12.4. The molecule has 2 aliphatic carbocycles. The van der Waals surface area contributed by atoms with Crippen molar-refractivity contribution in [2.24, 2.45) is 23.2 Å². The number of hydrogen-bond acceptors (Lipinski definition) is 6. The van der Waals surface area contributed by atoms with Crippen molar-refractivity contribution in [2.75, 3.05) is 33.9 Å². The zero-order valence-electron chi connectivity index (χ0n) is 20.5. The van der Waals surface area contributed by atoms with Gasteiger partial charge in [-0.15, -0.1) is 0 Å². The number of carbonyl (C=O) groups excluding carboxylic acids is 1. The average molecular weight is 458 g/mol. The first kappa shape index (κ1) is 24.1. The number of methoxy groups -OCH3 is 2. The van der Waals surface area contributed by atoms with Crippen molar-refractivity contribution in [3.63, 3.8) is 0 Å². The van der Waals surface area contributed by atoms with Crippen molar-refractivity contribution in [1.82, 2.24) is 4.90 Å². The Morgan fingerprint density at radius 1 is 1.24 bits per heavy atom. The van der Waals surface area contributed by atoms with E-state index in [1.165, 1.54) is 19.3 Å². The number of hydrogen-bond donors (Lipinski definition) is 1. The van der Waals surface area contributed by atoms with Crippen molar-refractivity contribution < 1.29 is 24.1 Å². The first-order chi connectivity index (χ1) is 15.9. The number of esters is 1. The molecule has 0 aromatic heterocycles. The summed E-state index contributed by atoms with van der Waals surface area (Å²) < 4.78 is 16.8. The summed E-state index contributed by atoms with van der Waals surface area (Å²) in [6, 6.07) is 5.92. The number of carbonyl (C=O) groups is 1. The molecule has 0 radical (unpaired) electrons. The van der Waals surface area contributed by atoms with E-state index in [4.69, 9.17) is 14.2 Å². The molecule has 1 aromatic rings. The predicted octanol–water partition coefficient (Wildman–Crippen LogP) is 4.20. The van der Waals surface area contributed by atoms with E-state index in [2.05, 4.69) is 24.8 Å². The quantitative estimate of drug-likeness (QED) is 0.443. The molecule has 6 heteroatoms. The Balaban J connectivity index is 1.54. The molecule has 0 amide bonds. The van der Waals surface area contributed by atoms with E-state index in [-0.39, 0.29) is 35.9 Å². The maximum absolute atomic E-state index is 13.0. The van der Waals surface area contributed by atoms with Crippen molar-refractivity contribution in [3.05, 3.63) is 35.4 Å². The fourth-order valence-electron chi connectivity index (χ4n) is 6.30. The van der Waals surface area contributed by atoms with Gasteiger partial charge in [-0.05, 0) is 54.7 Å². The topological polar surface area (TPSA) is 68.2 Å². The zero-order chi connectivity index (χ0) is 23.6. The van der Waals surface area contributed by atoms with Gasteiger partial charge in [0.25, 0.3) is 0 Å². The molecule has 0 unspecified atom stereocenters. The molecule has 33 heavy (non-hydrogen) atoms. The number of fused-ring (bicyclic) bond motifs is 2. The second-order valence-corrected chi connectivity index (χ2v) is 10.3. The average Bonchev–Trinajstić information content (AvgIpc) is 3.09. The van der Waals surface area contributed by atoms with Crippen molar-refractivity contribution in [2.45, 2.75) is 58.6 Å². The lowest BCUT2D eigenvalue weighted by molar-refractivity contribution is -0.145. The van der Waals surface area contributed by atoms with Gasteiger partial charge >= 0.3 is 5.97 Å². The third kappa shape index (κ3) is 4.92. The van der Waals surface area contributed by atoms with E-state index in [1.807, 2.05) is 18.2 Å². The fourth-order valence-corrected chi connectivity index (χ4v) is 6.30. The second kappa shape index (κ2) is 10.1. The molecule has 2 fully saturated rings. The van der Waals surface area contributed by atoms with Crippen LogP contribution in [0.1, 0.15) is 51.5 Å². The SMILES string of the molecule is COc1ccc(CN(CCCO)C[C@H]2C(=O)O[C@@H]3C[C@]4(C)CCC[C@@H](C)C4=C[C@H]32)cc1OC. The van der Waals surface area contributed by atoms with Crippen LogP contribution in [-0.2, 0) is 16.1 Å². The summed E-state index contributed by atoms with van der Waals surface area (Å²) in [6.07, 6.45) is 7.69. The summed E-state index contributed by atoms with van der Waals surface area (Å²) in [7, 11) is 3.26. The van der Waals surface area contributed by atoms with Crippen LogP contribution in [0, 0.1) is 23.2 Å². The molecular weight excluding hydrogens is 418 g/mol. The standard InChI is InChI=1S/C27H39NO5/c1-18-7-5-10-27(2)15-25-20(14-22(18)27)21(26(30)33-25)17-28(11-6-12-29)16-19-8-9-23(31-3)24(13-19)32-4/h8-9,13-14,18,20-21,25,29H,5-7,10-12,15-17H2,1-4H3/t18-,20+,21-,25-,27+/m1/s1. The summed E-state index contributed by atoms with van der Waals surface area (Å²) in [5.74, 6) is 1.88. The van der Waals surface area contributed by atoms with Gasteiger partial charge in [0.2, 0.25) is 0 Å². The van der Waals surface area contributed by atoms with E-state index < -0.39 is 0 Å². The Morgan fingerprint density at radius 2 is 2.03 bits per heavy atom. The molecule has 1 heterocycles. The molecule has 0 bridgehead atoms. The maximum Gasteiger partial charge on any atom is 0.311 e. The summed E-state index contributed by atoms with van der Waals surface area (Å²) in [4.78, 5) is 15.3. The number of ether oxygens (including phenoxy) is 3. The van der Waals surface area contributed by atoms with Gasteiger partial charge in [-0.2, -0.15) is 0 Å². The third-order valence-electron chi connectivity index (χ3n) is 8.02. The van der Waals surface area contributed by atoms with Gasteiger partial charge in [-0.3, -0.25) is 9.69 Å². The Morgan fingerprint density at radius 3 is 2.76 bits per heavy atom. The van der Waals surface area contributed by atoms with E-state index >= 15 is 0 Å². The summed E-state index contributed by atoms with van der Waals surface area (Å²) >= 11 is 0. The van der Waals surface area contributed by atoms with E-state index in [0.717, 1.165) is 18.5 Å². The number of rotatable bonds is 9. The van der Waals surface area contributed by atoms with Gasteiger partial charge in [-0.1, -0.05) is 38.0 Å². The van der Waals surface area contributed by atoms with Crippen LogP contribution in [0.4, 0.5) is 0 Å². The highest BCUT2D eigenvalue weighted by molar-refractivity contribution is 5.76. The van der Waals surface area contributed by atoms with Gasteiger partial charge in [0.1, 0.15) is 6.10 Å². The maximum atomic E-state index is 13.0. The lowest BCUT2D eigenvalue weighted by Crippen LogP contribution is -2.41. The highest BCUT2D eigenvalue weighted by Crippen LogP contribution is 2.54. The minimum absolute atomic E-state index is 0.0117. The van der Waals surface area contributed by atoms with Gasteiger partial charge in [0, 0.05) is 32.2 Å². The van der Waals surface area contributed by atoms with Crippen molar-refractivity contribution in [1.29, 1.82) is 0 Å². The highest BCUT2D eigenvalue weighted by Gasteiger charge is 2.51. The molecular formula is C27H39NO5. The Bertz CT molecular complexity index is 883. The molecule has 1 saturated carbocycles. The van der Waals surface area contributed by atoms with Crippen LogP contribution < -0.4 is 9.47 Å². The molecule has 6 nitrogen and oxygen atoms in total. The minimum Gasteiger partial charge on any atom is -0.493 e. The smallest absolute Gasteiger partial charge is 0.311 e. The molecule has 5 atom stereocenters. The first-order valence-corrected chi connectivity index (χ1v) is 12.4. The number of nitrogens with zero attached hydrogens (tertiary/aromatic N) is 1. The van der Waals surface area contributed by atoms with Gasteiger partial charge in [-0.25, -0.2) is 0 Å². The zero-order valence-corrected chi connectivity index (χ0v) is 20.5. The number of aliphatic hydroxyl groups is 1. The highest BCUT2D eigenvalue weighted by atomic mass is 16.6. The fraction of sp³-hybridized carbons (Fsp3) is 0.667. The molecule has 182 valence electrons. The summed E-state index contributed by atoms with van der Waals surface area (Å²) in [5, 5.41) is 9.45. The second-order valence-electron chi connectivity index (χ2n) is 10.3. The molecule has 4 rings (SSSR count). The largest absolute Gasteiger partial charge is 0.493 e. The Kier molecular flexibility index (Phi) is 7.34. The lowest BCUT2D eigenvalue weighted by Gasteiger charge is -2.46. The van der Waals surface area contributed by atoms with Gasteiger partial charge in [0.15, 0.2) is 11.5 Å². The molecule has 0 spiro atoms. The van der Waals surface area contributed by atoms with Crippen LogP contribution in [0.25, 0.3) is 0 Å². The van der Waals surface area contributed by atoms with E-state index in [9.17, 15) is 9.90 Å². The number of aliphatic hydroxyl groups excluding tert-OH is 1. The van der Waals surface area contributed by atoms with Crippen LogP contribution in [0.2, 0.25) is 0 Å². The molecule has 1 N–H and O–H groups in total. The van der Waals surface area contributed by atoms with Crippen LogP contribution in [-0.4, -0.2) is 56.0 Å². The van der Waals surface area contributed by atoms with Crippen LogP contribution in [0.5, 0.6) is 11.5 Å². The monoisotopic (exact) mass is 457 g/mol. The molecule has 3 aliphatic rings. The van der Waals surface area contributed by atoms with Crippen LogP contribution in [0.3, 0.4) is 0 Å². The Labute approximate surface area is 197 Å². The van der Waals surface area contributed by atoms with Gasteiger partial charge in [0.05, 0.1) is 20.1 Å². The molecule has 1 saturated heterocycles. The third-order valence-corrected chi connectivity index (χ3v) is 8.02.